The zero-order valence-corrected chi connectivity index (χ0v) is 8.93. The summed E-state index contributed by atoms with van der Waals surface area (Å²) >= 11 is 0. The number of hydrogen-bond acceptors (Lipinski definition) is 6. The fourth-order valence-corrected chi connectivity index (χ4v) is 1.83. The Balaban J connectivity index is 2.32. The maximum absolute atomic E-state index is 11.6. The van der Waals surface area contributed by atoms with Crippen molar-refractivity contribution >= 4 is 5.69 Å². The van der Waals surface area contributed by atoms with Crippen molar-refractivity contribution in [1.82, 2.24) is 4.57 Å². The third kappa shape index (κ3) is 2.05. The maximum Gasteiger partial charge on any atom is 0.254 e. The molecular weight excluding hydrogens is 228 g/mol. The van der Waals surface area contributed by atoms with Crippen LogP contribution in [0, 0.1) is 0 Å². The third-order valence-electron chi connectivity index (χ3n) is 2.76. The van der Waals surface area contributed by atoms with Gasteiger partial charge in [-0.2, -0.15) is 0 Å². The topological polar surface area (TPSA) is 118 Å². The van der Waals surface area contributed by atoms with Gasteiger partial charge in [0.15, 0.2) is 6.23 Å². The van der Waals surface area contributed by atoms with E-state index in [1.54, 1.807) is 0 Å². The summed E-state index contributed by atoms with van der Waals surface area (Å²) in [6.07, 6.45) is -3.05. The van der Waals surface area contributed by atoms with Crippen LogP contribution in [-0.4, -0.2) is 44.8 Å². The van der Waals surface area contributed by atoms with Crippen LogP contribution in [0.15, 0.2) is 23.1 Å². The van der Waals surface area contributed by atoms with Crippen molar-refractivity contribution < 1.29 is 20.1 Å². The fraction of sp³-hybridized carbons (Fsp3) is 0.500. The standard InChI is InChI=1S/C10H14N2O5/c11-5-1-2-12(7(14)3-5)10-9(16)8(15)6(4-13)17-10/h1-3,6,8-10,13,15-16H,4,11H2/t6-,8?,9?,10-/m1/s1. The third-order valence-corrected chi connectivity index (χ3v) is 2.76. The van der Waals surface area contributed by atoms with Crippen molar-refractivity contribution in [3.63, 3.8) is 0 Å². The molecule has 17 heavy (non-hydrogen) atoms. The molecule has 1 aliphatic rings. The molecule has 1 fully saturated rings. The molecule has 0 amide bonds. The van der Waals surface area contributed by atoms with E-state index in [1.165, 1.54) is 18.3 Å². The summed E-state index contributed by atoms with van der Waals surface area (Å²) in [6.45, 7) is -0.432. The van der Waals surface area contributed by atoms with Crippen LogP contribution in [0.5, 0.6) is 0 Å². The van der Waals surface area contributed by atoms with E-state index in [0.717, 1.165) is 4.57 Å². The molecule has 0 spiro atoms. The van der Waals surface area contributed by atoms with Crippen LogP contribution in [0.3, 0.4) is 0 Å². The van der Waals surface area contributed by atoms with E-state index in [0.29, 0.717) is 5.69 Å². The van der Waals surface area contributed by atoms with Gasteiger partial charge in [-0.15, -0.1) is 0 Å². The zero-order valence-electron chi connectivity index (χ0n) is 8.93. The molecule has 0 aromatic carbocycles. The summed E-state index contributed by atoms with van der Waals surface area (Å²) in [5.41, 5.74) is 5.29. The van der Waals surface area contributed by atoms with Crippen molar-refractivity contribution in [3.8, 4) is 0 Å². The molecule has 2 unspecified atom stereocenters. The summed E-state index contributed by atoms with van der Waals surface area (Å²) in [6, 6.07) is 2.67. The van der Waals surface area contributed by atoms with Crippen LogP contribution >= 0.6 is 0 Å². The number of pyridine rings is 1. The molecule has 5 N–H and O–H groups in total. The number of hydrogen-bond donors (Lipinski definition) is 4. The molecule has 1 aromatic rings. The van der Waals surface area contributed by atoms with Gasteiger partial charge in [-0.1, -0.05) is 0 Å². The lowest BCUT2D eigenvalue weighted by molar-refractivity contribution is -0.0543. The maximum atomic E-state index is 11.6. The molecule has 0 radical (unpaired) electrons. The van der Waals surface area contributed by atoms with Gasteiger partial charge < -0.3 is 25.8 Å². The molecule has 7 heteroatoms. The molecule has 0 bridgehead atoms. The fourth-order valence-electron chi connectivity index (χ4n) is 1.83. The normalized spacial score (nSPS) is 32.9. The molecule has 1 saturated heterocycles. The van der Waals surface area contributed by atoms with E-state index >= 15 is 0 Å². The van der Waals surface area contributed by atoms with Gasteiger partial charge in [-0.3, -0.25) is 9.36 Å². The van der Waals surface area contributed by atoms with Crippen LogP contribution < -0.4 is 11.3 Å². The number of nitrogens with zero attached hydrogens (tertiary/aromatic N) is 1. The average Bonchev–Trinajstić information content (AvgIpc) is 2.57. The van der Waals surface area contributed by atoms with Crippen molar-refractivity contribution in [2.75, 3.05) is 12.3 Å². The van der Waals surface area contributed by atoms with Crippen molar-refractivity contribution in [1.29, 1.82) is 0 Å². The zero-order chi connectivity index (χ0) is 12.6. The minimum Gasteiger partial charge on any atom is -0.399 e. The van der Waals surface area contributed by atoms with E-state index in [1.807, 2.05) is 0 Å². The average molecular weight is 242 g/mol. The van der Waals surface area contributed by atoms with Crippen LogP contribution in [-0.2, 0) is 4.74 Å². The van der Waals surface area contributed by atoms with Gasteiger partial charge in [0.2, 0.25) is 0 Å². The molecule has 1 aromatic heterocycles. The summed E-state index contributed by atoms with van der Waals surface area (Å²) in [5.74, 6) is 0. The highest BCUT2D eigenvalue weighted by atomic mass is 16.6. The molecule has 7 nitrogen and oxygen atoms in total. The molecule has 0 aliphatic carbocycles. The minimum absolute atomic E-state index is 0.304. The van der Waals surface area contributed by atoms with Crippen LogP contribution in [0.2, 0.25) is 0 Å². The van der Waals surface area contributed by atoms with Crippen molar-refractivity contribution in [2.24, 2.45) is 0 Å². The Morgan fingerprint density at radius 3 is 2.65 bits per heavy atom. The number of aromatic nitrogens is 1. The molecule has 2 rings (SSSR count). The Kier molecular flexibility index (Phi) is 3.16. The minimum atomic E-state index is -1.27. The molecule has 94 valence electrons. The number of anilines is 1. The summed E-state index contributed by atoms with van der Waals surface area (Å²) in [5, 5.41) is 28.2. The first-order valence-electron chi connectivity index (χ1n) is 5.14. The number of aliphatic hydroxyl groups excluding tert-OH is 3. The number of ether oxygens (including phenoxy) is 1. The van der Waals surface area contributed by atoms with Gasteiger partial charge in [0.05, 0.1) is 6.61 Å². The van der Waals surface area contributed by atoms with Gasteiger partial charge in [0.1, 0.15) is 18.3 Å². The molecule has 2 heterocycles. The van der Waals surface area contributed by atoms with Crippen molar-refractivity contribution in [3.05, 3.63) is 28.7 Å². The first-order valence-corrected chi connectivity index (χ1v) is 5.14. The van der Waals surface area contributed by atoms with Crippen LogP contribution in [0.25, 0.3) is 0 Å². The number of rotatable bonds is 2. The number of nitrogens with two attached hydrogens (primary N) is 1. The smallest absolute Gasteiger partial charge is 0.254 e. The Hall–Kier alpha value is -1.41. The van der Waals surface area contributed by atoms with E-state index in [2.05, 4.69) is 0 Å². The second-order valence-electron chi connectivity index (χ2n) is 3.93. The highest BCUT2D eigenvalue weighted by Gasteiger charge is 2.43. The van der Waals surface area contributed by atoms with E-state index in [9.17, 15) is 15.0 Å². The largest absolute Gasteiger partial charge is 0.399 e. The lowest BCUT2D eigenvalue weighted by Crippen LogP contribution is -2.35. The Morgan fingerprint density at radius 2 is 2.12 bits per heavy atom. The molecule has 0 saturated carbocycles. The second-order valence-corrected chi connectivity index (χ2v) is 3.93. The van der Waals surface area contributed by atoms with Gasteiger partial charge in [-0.05, 0) is 6.07 Å². The lowest BCUT2D eigenvalue weighted by atomic mass is 10.1. The second kappa shape index (κ2) is 4.46. The quantitative estimate of drug-likeness (QED) is 0.478. The van der Waals surface area contributed by atoms with Crippen LogP contribution in [0.4, 0.5) is 5.69 Å². The van der Waals surface area contributed by atoms with Gasteiger partial charge in [-0.25, -0.2) is 0 Å². The summed E-state index contributed by atoms with van der Waals surface area (Å²) in [7, 11) is 0. The lowest BCUT2D eigenvalue weighted by Gasteiger charge is -2.17. The van der Waals surface area contributed by atoms with E-state index in [4.69, 9.17) is 15.6 Å². The SMILES string of the molecule is Nc1ccn([C@@H]2O[C@H](CO)C(O)C2O)c(=O)c1. The summed E-state index contributed by atoms with van der Waals surface area (Å²) in [4.78, 5) is 11.6. The molecule has 1 aliphatic heterocycles. The monoisotopic (exact) mass is 242 g/mol. The van der Waals surface area contributed by atoms with Crippen molar-refractivity contribution in [2.45, 2.75) is 24.5 Å². The predicted octanol–water partition coefficient (Wildman–Crippen LogP) is -1.96. The first-order chi connectivity index (χ1) is 8.04. The van der Waals surface area contributed by atoms with Gasteiger partial charge >= 0.3 is 0 Å². The Bertz CT molecular complexity index is 460. The first kappa shape index (κ1) is 12.1. The predicted molar refractivity (Wildman–Crippen MR) is 58.1 cm³/mol. The Morgan fingerprint density at radius 1 is 1.41 bits per heavy atom. The van der Waals surface area contributed by atoms with E-state index < -0.39 is 36.7 Å². The molecular formula is C10H14N2O5. The van der Waals surface area contributed by atoms with Gasteiger partial charge in [0, 0.05) is 18.0 Å². The van der Waals surface area contributed by atoms with Crippen LogP contribution in [0.1, 0.15) is 6.23 Å². The highest BCUT2D eigenvalue weighted by Crippen LogP contribution is 2.28. The number of aliphatic hydroxyl groups is 3. The van der Waals surface area contributed by atoms with E-state index in [-0.39, 0.29) is 0 Å². The molecule has 4 atom stereocenters. The summed E-state index contributed by atoms with van der Waals surface area (Å²) < 4.78 is 6.34. The highest BCUT2D eigenvalue weighted by molar-refractivity contribution is 5.34. The Labute approximate surface area is 96.7 Å². The van der Waals surface area contributed by atoms with Gasteiger partial charge in [0.25, 0.3) is 5.56 Å². The number of nitrogen functional groups attached to an aromatic ring is 1.